The molecule has 0 fully saturated rings. The van der Waals surface area contributed by atoms with Gasteiger partial charge in [0.1, 0.15) is 0 Å². The van der Waals surface area contributed by atoms with E-state index < -0.39 is 0 Å². The lowest BCUT2D eigenvalue weighted by Crippen LogP contribution is -1.72. The van der Waals surface area contributed by atoms with Gasteiger partial charge >= 0.3 is 0 Å². The smallest absolute Gasteiger partial charge is 0.0856 e. The molecule has 46 valence electrons. The zero-order valence-electron chi connectivity index (χ0n) is 4.66. The van der Waals surface area contributed by atoms with E-state index in [9.17, 15) is 0 Å². The summed E-state index contributed by atoms with van der Waals surface area (Å²) in [4.78, 5) is 0. The number of aliphatic hydroxyl groups is 1. The van der Waals surface area contributed by atoms with Gasteiger partial charge in [0.25, 0.3) is 0 Å². The van der Waals surface area contributed by atoms with Crippen molar-refractivity contribution in [2.75, 3.05) is 12.8 Å². The first-order valence-corrected chi connectivity index (χ1v) is 3.01. The van der Waals surface area contributed by atoms with Gasteiger partial charge in [0.05, 0.1) is 5.00 Å². The summed E-state index contributed by atoms with van der Waals surface area (Å²) in [5, 5.41) is 9.84. The van der Waals surface area contributed by atoms with Crippen molar-refractivity contribution >= 4 is 16.3 Å². The molecular weight excluding hydrogens is 122 g/mol. The molecule has 0 aliphatic carbocycles. The number of hydrogen-bond donors (Lipinski definition) is 2. The highest BCUT2D eigenvalue weighted by Gasteiger charge is 1.75. The number of hydrogen-bond acceptors (Lipinski definition) is 3. The van der Waals surface area contributed by atoms with Crippen molar-refractivity contribution < 1.29 is 5.11 Å². The molecule has 0 unspecified atom stereocenters. The Morgan fingerprint density at radius 2 is 2.25 bits per heavy atom. The summed E-state index contributed by atoms with van der Waals surface area (Å²) in [5.74, 6) is 0. The molecule has 0 saturated heterocycles. The Bertz CT molecular complexity index is 116. The number of thiophene rings is 1. The fourth-order valence-electron chi connectivity index (χ4n) is 0.291. The number of aliphatic hydroxyl groups excluding tert-OH is 1. The highest BCUT2D eigenvalue weighted by Crippen LogP contribution is 2.07. The third-order valence-corrected chi connectivity index (χ3v) is 1.24. The lowest BCUT2D eigenvalue weighted by atomic mass is 10.6. The first-order chi connectivity index (χ1) is 3.89. The van der Waals surface area contributed by atoms with Gasteiger partial charge < -0.3 is 10.8 Å². The summed E-state index contributed by atoms with van der Waals surface area (Å²) in [6.45, 7) is 0. The van der Waals surface area contributed by atoms with E-state index in [0.717, 1.165) is 12.1 Å². The van der Waals surface area contributed by atoms with E-state index in [1.54, 1.807) is 11.3 Å². The second-order valence-electron chi connectivity index (χ2n) is 1.02. The average Bonchev–Trinajstić information content (AvgIpc) is 2.24. The maximum absolute atomic E-state index is 7.00. The van der Waals surface area contributed by atoms with Crippen LogP contribution in [-0.4, -0.2) is 12.2 Å². The Kier molecular flexibility index (Phi) is 4.30. The predicted molar refractivity (Wildman–Crippen MR) is 36.9 cm³/mol. The SMILES string of the molecule is CO.Nc1cccs1. The molecule has 0 radical (unpaired) electrons. The fraction of sp³-hybridized carbons (Fsp3) is 0.200. The molecule has 1 heterocycles. The van der Waals surface area contributed by atoms with Crippen molar-refractivity contribution in [3.8, 4) is 0 Å². The van der Waals surface area contributed by atoms with E-state index in [4.69, 9.17) is 10.8 Å². The Hall–Kier alpha value is -0.540. The minimum atomic E-state index is 0.884. The molecule has 0 amide bonds. The third-order valence-electron chi connectivity index (χ3n) is 0.543. The lowest BCUT2D eigenvalue weighted by molar-refractivity contribution is 0.399. The fourth-order valence-corrected chi connectivity index (χ4v) is 0.763. The molecule has 1 rings (SSSR count). The van der Waals surface area contributed by atoms with Crippen LogP contribution >= 0.6 is 11.3 Å². The average molecular weight is 131 g/mol. The van der Waals surface area contributed by atoms with E-state index in [1.807, 2.05) is 17.5 Å². The normalized spacial score (nSPS) is 7.25. The van der Waals surface area contributed by atoms with Crippen molar-refractivity contribution in [3.63, 3.8) is 0 Å². The standard InChI is InChI=1S/C4H5NS.CH4O/c5-4-2-1-3-6-4;1-2/h1-3H,5H2;2H,1H3. The van der Waals surface area contributed by atoms with Crippen LogP contribution in [0.25, 0.3) is 0 Å². The van der Waals surface area contributed by atoms with Crippen LogP contribution in [0, 0.1) is 0 Å². The first kappa shape index (κ1) is 7.46. The molecule has 0 spiro atoms. The van der Waals surface area contributed by atoms with Gasteiger partial charge in [0.15, 0.2) is 0 Å². The summed E-state index contributed by atoms with van der Waals surface area (Å²) in [6.07, 6.45) is 0. The minimum absolute atomic E-state index is 0.884. The van der Waals surface area contributed by atoms with Crippen molar-refractivity contribution in [3.05, 3.63) is 17.5 Å². The number of nitrogen functional groups attached to an aromatic ring is 1. The second kappa shape index (κ2) is 4.61. The molecule has 0 atom stereocenters. The van der Waals surface area contributed by atoms with E-state index in [-0.39, 0.29) is 0 Å². The minimum Gasteiger partial charge on any atom is -0.400 e. The van der Waals surface area contributed by atoms with Gasteiger partial charge in [-0.25, -0.2) is 0 Å². The summed E-state index contributed by atoms with van der Waals surface area (Å²) in [7, 11) is 1.00. The van der Waals surface area contributed by atoms with Crippen molar-refractivity contribution in [2.24, 2.45) is 0 Å². The topological polar surface area (TPSA) is 46.2 Å². The summed E-state index contributed by atoms with van der Waals surface area (Å²) in [5.41, 5.74) is 5.30. The molecule has 8 heavy (non-hydrogen) atoms. The molecule has 0 aliphatic heterocycles. The molecule has 1 aromatic rings. The molecule has 1 aromatic heterocycles. The number of nitrogens with two attached hydrogens (primary N) is 1. The van der Waals surface area contributed by atoms with Crippen LogP contribution < -0.4 is 5.73 Å². The molecule has 3 N–H and O–H groups in total. The second-order valence-corrected chi connectivity index (χ2v) is 1.99. The maximum Gasteiger partial charge on any atom is 0.0856 e. The third kappa shape index (κ3) is 2.60. The quantitative estimate of drug-likeness (QED) is 0.550. The Morgan fingerprint density at radius 3 is 2.38 bits per heavy atom. The van der Waals surface area contributed by atoms with Crippen molar-refractivity contribution in [1.82, 2.24) is 0 Å². The molecule has 2 nitrogen and oxygen atoms in total. The van der Waals surface area contributed by atoms with Gasteiger partial charge in [0.2, 0.25) is 0 Å². The summed E-state index contributed by atoms with van der Waals surface area (Å²) in [6, 6.07) is 3.81. The van der Waals surface area contributed by atoms with Crippen LogP contribution in [0.15, 0.2) is 17.5 Å². The van der Waals surface area contributed by atoms with Gasteiger partial charge in [-0.2, -0.15) is 0 Å². The molecular formula is C5H9NOS. The van der Waals surface area contributed by atoms with Crippen LogP contribution in [0.1, 0.15) is 0 Å². The molecule has 0 bridgehead atoms. The molecule has 0 aromatic carbocycles. The van der Waals surface area contributed by atoms with E-state index in [2.05, 4.69) is 0 Å². The van der Waals surface area contributed by atoms with Crippen LogP contribution in [0.2, 0.25) is 0 Å². The Labute approximate surface area is 52.6 Å². The van der Waals surface area contributed by atoms with E-state index in [1.165, 1.54) is 0 Å². The predicted octanol–water partition coefficient (Wildman–Crippen LogP) is 0.939. The van der Waals surface area contributed by atoms with Gasteiger partial charge in [-0.3, -0.25) is 0 Å². The lowest BCUT2D eigenvalue weighted by Gasteiger charge is -1.68. The maximum atomic E-state index is 7.00. The van der Waals surface area contributed by atoms with E-state index in [0.29, 0.717) is 0 Å². The molecule has 0 saturated carbocycles. The van der Waals surface area contributed by atoms with Gasteiger partial charge in [-0.1, -0.05) is 0 Å². The van der Waals surface area contributed by atoms with E-state index >= 15 is 0 Å². The number of rotatable bonds is 0. The van der Waals surface area contributed by atoms with Crippen LogP contribution in [-0.2, 0) is 0 Å². The van der Waals surface area contributed by atoms with Gasteiger partial charge in [0, 0.05) is 7.11 Å². The molecule has 3 heteroatoms. The van der Waals surface area contributed by atoms with Crippen molar-refractivity contribution in [1.29, 1.82) is 0 Å². The summed E-state index contributed by atoms with van der Waals surface area (Å²) < 4.78 is 0. The van der Waals surface area contributed by atoms with Crippen LogP contribution in [0.5, 0.6) is 0 Å². The highest BCUT2D eigenvalue weighted by molar-refractivity contribution is 7.13. The summed E-state index contributed by atoms with van der Waals surface area (Å²) >= 11 is 1.56. The monoisotopic (exact) mass is 131 g/mol. The first-order valence-electron chi connectivity index (χ1n) is 2.13. The van der Waals surface area contributed by atoms with Crippen LogP contribution in [0.4, 0.5) is 5.00 Å². The molecule has 0 aliphatic rings. The Morgan fingerprint density at radius 1 is 1.62 bits per heavy atom. The number of anilines is 1. The highest BCUT2D eigenvalue weighted by atomic mass is 32.1. The van der Waals surface area contributed by atoms with Crippen molar-refractivity contribution in [2.45, 2.75) is 0 Å². The van der Waals surface area contributed by atoms with Gasteiger partial charge in [-0.15, -0.1) is 11.3 Å². The zero-order chi connectivity index (χ0) is 6.41. The Balaban J connectivity index is 0.000000222. The van der Waals surface area contributed by atoms with Crippen LogP contribution in [0.3, 0.4) is 0 Å². The zero-order valence-corrected chi connectivity index (χ0v) is 5.48. The van der Waals surface area contributed by atoms with Gasteiger partial charge in [-0.05, 0) is 17.5 Å². The largest absolute Gasteiger partial charge is 0.400 e.